The molecule has 1 fully saturated rings. The summed E-state index contributed by atoms with van der Waals surface area (Å²) in [5, 5.41) is 9.96. The van der Waals surface area contributed by atoms with E-state index in [0.29, 0.717) is 0 Å². The summed E-state index contributed by atoms with van der Waals surface area (Å²) in [7, 11) is 0. The molecule has 1 aliphatic heterocycles. The van der Waals surface area contributed by atoms with Gasteiger partial charge >= 0.3 is 6.03 Å². The number of benzene rings is 1. The van der Waals surface area contributed by atoms with Gasteiger partial charge in [-0.25, -0.2) is 18.0 Å². The summed E-state index contributed by atoms with van der Waals surface area (Å²) in [6.45, 7) is 3.42. The van der Waals surface area contributed by atoms with Crippen molar-refractivity contribution in [2.75, 3.05) is 0 Å². The maximum absolute atomic E-state index is 13.2. The number of nitrogens with zero attached hydrogens (tertiary/aromatic N) is 1. The molecule has 1 saturated heterocycles. The monoisotopic (exact) mass is 271 g/mol. The molecule has 0 radical (unpaired) electrons. The molecule has 1 aromatic rings. The van der Waals surface area contributed by atoms with E-state index in [9.17, 15) is 18.0 Å². The van der Waals surface area contributed by atoms with E-state index in [4.69, 9.17) is 5.41 Å². The lowest BCUT2D eigenvalue weighted by Crippen LogP contribution is -2.35. The Bertz CT molecular complexity index is 536. The molecule has 102 valence electrons. The second-order valence-corrected chi connectivity index (χ2v) is 4.55. The van der Waals surface area contributed by atoms with Gasteiger partial charge in [-0.1, -0.05) is 0 Å². The molecule has 1 aromatic carbocycles. The maximum Gasteiger partial charge on any atom is 0.323 e. The lowest BCUT2D eigenvalue weighted by molar-refractivity contribution is 0.190. The third-order valence-electron chi connectivity index (χ3n) is 2.91. The molecule has 4 nitrogen and oxygen atoms in total. The molecule has 7 heteroatoms. The molecule has 0 saturated carbocycles. The lowest BCUT2D eigenvalue weighted by Gasteiger charge is -2.26. The third kappa shape index (κ3) is 2.16. The Hall–Kier alpha value is -2.05. The zero-order valence-electron chi connectivity index (χ0n) is 10.3. The van der Waals surface area contributed by atoms with Gasteiger partial charge in [0.25, 0.3) is 0 Å². The Morgan fingerprint density at radius 3 is 2.26 bits per heavy atom. The fourth-order valence-corrected chi connectivity index (χ4v) is 2.10. The van der Waals surface area contributed by atoms with Crippen molar-refractivity contribution in [2.24, 2.45) is 0 Å². The first-order valence-corrected chi connectivity index (χ1v) is 5.65. The minimum Gasteiger partial charge on any atom is -0.308 e. The first kappa shape index (κ1) is 13.4. The van der Waals surface area contributed by atoms with Crippen LogP contribution in [-0.2, 0) is 0 Å². The number of hydrogen-bond donors (Lipinski definition) is 2. The number of rotatable bonds is 2. The summed E-state index contributed by atoms with van der Waals surface area (Å²) in [6, 6.07) is -0.128. The maximum atomic E-state index is 13.2. The van der Waals surface area contributed by atoms with E-state index in [-0.39, 0.29) is 17.4 Å². The highest BCUT2D eigenvalue weighted by molar-refractivity contribution is 6.06. The minimum atomic E-state index is -1.57. The minimum absolute atomic E-state index is 0.0217. The molecule has 0 bridgehead atoms. The van der Waals surface area contributed by atoms with E-state index in [1.165, 1.54) is 4.90 Å². The van der Waals surface area contributed by atoms with Crippen LogP contribution in [0.3, 0.4) is 0 Å². The Kier molecular flexibility index (Phi) is 3.21. The molecule has 2 N–H and O–H groups in total. The standard InChI is InChI=1S/C12H12F3N3O/c1-5(2)18-10(11(16)17-12(18)19)6-3-7(13)9(15)8(14)4-6/h3-5,10H,1-2H3,(H2,16,17,19). The number of nitrogens with one attached hydrogen (secondary N) is 2. The van der Waals surface area contributed by atoms with Crippen molar-refractivity contribution in [1.82, 2.24) is 10.2 Å². The second kappa shape index (κ2) is 4.56. The predicted octanol–water partition coefficient (Wildman–Crippen LogP) is 2.56. The summed E-state index contributed by atoms with van der Waals surface area (Å²) < 4.78 is 39.4. The van der Waals surface area contributed by atoms with Crippen molar-refractivity contribution in [3.63, 3.8) is 0 Å². The highest BCUT2D eigenvalue weighted by atomic mass is 19.2. The normalized spacial score (nSPS) is 19.3. The summed E-state index contributed by atoms with van der Waals surface area (Å²) in [5.74, 6) is -4.44. The van der Waals surface area contributed by atoms with Crippen molar-refractivity contribution in [3.05, 3.63) is 35.1 Å². The number of amidine groups is 1. The van der Waals surface area contributed by atoms with E-state index >= 15 is 0 Å². The average molecular weight is 271 g/mol. The van der Waals surface area contributed by atoms with Crippen LogP contribution in [0.25, 0.3) is 0 Å². The quantitative estimate of drug-likeness (QED) is 0.798. The molecular formula is C12H12F3N3O. The molecule has 1 atom stereocenters. The number of urea groups is 1. The molecule has 0 aliphatic carbocycles. The van der Waals surface area contributed by atoms with Crippen LogP contribution in [0.5, 0.6) is 0 Å². The number of halogens is 3. The highest BCUT2D eigenvalue weighted by Gasteiger charge is 2.39. The summed E-state index contributed by atoms with van der Waals surface area (Å²) in [5.41, 5.74) is 0.0217. The molecule has 0 aromatic heterocycles. The largest absolute Gasteiger partial charge is 0.323 e. The fraction of sp³-hybridized carbons (Fsp3) is 0.333. The predicted molar refractivity (Wildman–Crippen MR) is 62.3 cm³/mol. The first-order valence-electron chi connectivity index (χ1n) is 5.65. The van der Waals surface area contributed by atoms with Crippen molar-refractivity contribution >= 4 is 11.9 Å². The molecule has 0 spiro atoms. The molecule has 2 amide bonds. The number of hydrogen-bond acceptors (Lipinski definition) is 2. The number of amides is 2. The van der Waals surface area contributed by atoms with Crippen LogP contribution in [0.2, 0.25) is 0 Å². The first-order chi connectivity index (χ1) is 8.82. The smallest absolute Gasteiger partial charge is 0.308 e. The van der Waals surface area contributed by atoms with Crippen LogP contribution < -0.4 is 5.32 Å². The molecule has 1 heterocycles. The van der Waals surface area contributed by atoms with Gasteiger partial charge in [-0.3, -0.25) is 10.7 Å². The van der Waals surface area contributed by atoms with Gasteiger partial charge in [0.15, 0.2) is 17.5 Å². The van der Waals surface area contributed by atoms with Crippen molar-refractivity contribution in [2.45, 2.75) is 25.9 Å². The Labute approximate surface area is 107 Å². The summed E-state index contributed by atoms with van der Waals surface area (Å²) in [6.07, 6.45) is 0. The lowest BCUT2D eigenvalue weighted by atomic mass is 10.0. The molecule has 19 heavy (non-hydrogen) atoms. The zero-order valence-corrected chi connectivity index (χ0v) is 10.3. The third-order valence-corrected chi connectivity index (χ3v) is 2.91. The fourth-order valence-electron chi connectivity index (χ4n) is 2.10. The van der Waals surface area contributed by atoms with Gasteiger partial charge in [-0.2, -0.15) is 0 Å². The van der Waals surface area contributed by atoms with Crippen molar-refractivity contribution in [1.29, 1.82) is 5.41 Å². The summed E-state index contributed by atoms with van der Waals surface area (Å²) >= 11 is 0. The van der Waals surface area contributed by atoms with E-state index < -0.39 is 29.5 Å². The van der Waals surface area contributed by atoms with Crippen LogP contribution in [-0.4, -0.2) is 22.8 Å². The average Bonchev–Trinajstić information content (AvgIpc) is 2.60. The van der Waals surface area contributed by atoms with Gasteiger partial charge in [0.1, 0.15) is 11.9 Å². The van der Waals surface area contributed by atoms with Gasteiger partial charge in [0.2, 0.25) is 0 Å². The van der Waals surface area contributed by atoms with E-state index in [1.807, 2.05) is 0 Å². The van der Waals surface area contributed by atoms with E-state index in [0.717, 1.165) is 12.1 Å². The van der Waals surface area contributed by atoms with Crippen LogP contribution in [0, 0.1) is 22.9 Å². The van der Waals surface area contributed by atoms with Crippen LogP contribution >= 0.6 is 0 Å². The highest BCUT2D eigenvalue weighted by Crippen LogP contribution is 2.29. The van der Waals surface area contributed by atoms with Gasteiger partial charge in [0, 0.05) is 6.04 Å². The Morgan fingerprint density at radius 1 is 1.26 bits per heavy atom. The molecule has 2 rings (SSSR count). The van der Waals surface area contributed by atoms with E-state index in [1.54, 1.807) is 13.8 Å². The Morgan fingerprint density at radius 2 is 1.79 bits per heavy atom. The zero-order chi connectivity index (χ0) is 14.3. The van der Waals surface area contributed by atoms with Gasteiger partial charge in [0.05, 0.1) is 0 Å². The van der Waals surface area contributed by atoms with Crippen molar-refractivity contribution < 1.29 is 18.0 Å². The molecule has 1 aliphatic rings. The second-order valence-electron chi connectivity index (χ2n) is 4.55. The molecular weight excluding hydrogens is 259 g/mol. The summed E-state index contributed by atoms with van der Waals surface area (Å²) in [4.78, 5) is 12.9. The van der Waals surface area contributed by atoms with Gasteiger partial charge in [-0.05, 0) is 31.5 Å². The van der Waals surface area contributed by atoms with Gasteiger partial charge < -0.3 is 4.90 Å². The van der Waals surface area contributed by atoms with Crippen LogP contribution in [0.15, 0.2) is 12.1 Å². The Balaban J connectivity index is 2.50. The van der Waals surface area contributed by atoms with Crippen LogP contribution in [0.1, 0.15) is 25.5 Å². The SMILES string of the molecule is CC(C)N1C(=O)NC(=N)C1c1cc(F)c(F)c(F)c1. The van der Waals surface area contributed by atoms with E-state index in [2.05, 4.69) is 5.32 Å². The van der Waals surface area contributed by atoms with Crippen molar-refractivity contribution in [3.8, 4) is 0 Å². The molecule has 1 unspecified atom stereocenters. The number of carbonyl (C=O) groups is 1. The number of carbonyl (C=O) groups excluding carboxylic acids is 1. The topological polar surface area (TPSA) is 56.2 Å². The van der Waals surface area contributed by atoms with Gasteiger partial charge in [-0.15, -0.1) is 0 Å². The van der Waals surface area contributed by atoms with Crippen LogP contribution in [0.4, 0.5) is 18.0 Å².